The van der Waals surface area contributed by atoms with Crippen LogP contribution in [0.5, 0.6) is 0 Å². The van der Waals surface area contributed by atoms with Crippen LogP contribution < -0.4 is 5.32 Å². The van der Waals surface area contributed by atoms with Crippen molar-refractivity contribution in [3.63, 3.8) is 0 Å². The summed E-state index contributed by atoms with van der Waals surface area (Å²) < 4.78 is 0. The van der Waals surface area contributed by atoms with E-state index in [0.29, 0.717) is 6.04 Å². The van der Waals surface area contributed by atoms with Crippen LogP contribution in [0.15, 0.2) is 18.2 Å². The Hall–Kier alpha value is -1.35. The first-order valence-corrected chi connectivity index (χ1v) is 7.00. The number of nitrogens with zero attached hydrogens (tertiary/aromatic N) is 1. The van der Waals surface area contributed by atoms with Crippen molar-refractivity contribution in [1.82, 2.24) is 15.3 Å². The lowest BCUT2D eigenvalue weighted by molar-refractivity contribution is 0.370. The molecule has 0 unspecified atom stereocenters. The van der Waals surface area contributed by atoms with Crippen molar-refractivity contribution >= 4 is 11.0 Å². The number of hydrogen-bond donors (Lipinski definition) is 2. The molecule has 1 saturated carbocycles. The van der Waals surface area contributed by atoms with Gasteiger partial charge < -0.3 is 10.3 Å². The van der Waals surface area contributed by atoms with E-state index in [2.05, 4.69) is 40.4 Å². The highest BCUT2D eigenvalue weighted by Crippen LogP contribution is 2.18. The van der Waals surface area contributed by atoms with Crippen LogP contribution in [0.1, 0.15) is 43.5 Å². The summed E-state index contributed by atoms with van der Waals surface area (Å²) in [5.41, 5.74) is 3.49. The number of aromatic amines is 1. The van der Waals surface area contributed by atoms with Crippen LogP contribution in [0.25, 0.3) is 11.0 Å². The zero-order valence-electron chi connectivity index (χ0n) is 11.0. The molecule has 1 heterocycles. The average molecular weight is 243 g/mol. The maximum absolute atomic E-state index is 4.62. The first-order chi connectivity index (χ1) is 8.81. The van der Waals surface area contributed by atoms with E-state index in [4.69, 9.17) is 0 Å². The van der Waals surface area contributed by atoms with E-state index < -0.39 is 0 Å². The van der Waals surface area contributed by atoms with Gasteiger partial charge in [0.25, 0.3) is 0 Å². The van der Waals surface area contributed by atoms with Crippen LogP contribution in [0.4, 0.5) is 0 Å². The number of H-pyrrole nitrogens is 1. The normalized spacial score (nSPS) is 17.4. The molecule has 0 aliphatic heterocycles. The van der Waals surface area contributed by atoms with E-state index in [-0.39, 0.29) is 0 Å². The maximum atomic E-state index is 4.62. The van der Waals surface area contributed by atoms with E-state index in [1.807, 2.05) is 0 Å². The van der Waals surface area contributed by atoms with E-state index in [0.717, 1.165) is 23.4 Å². The van der Waals surface area contributed by atoms with Gasteiger partial charge in [-0.25, -0.2) is 4.98 Å². The Balaban J connectivity index is 1.67. The van der Waals surface area contributed by atoms with Gasteiger partial charge in [-0.3, -0.25) is 0 Å². The second-order valence-corrected chi connectivity index (χ2v) is 5.42. The molecule has 1 aromatic carbocycles. The molecule has 3 nitrogen and oxygen atoms in total. The molecule has 0 spiro atoms. The molecule has 1 aliphatic rings. The smallest absolute Gasteiger partial charge is 0.121 e. The molecule has 0 saturated heterocycles. The van der Waals surface area contributed by atoms with Gasteiger partial charge in [-0.05, 0) is 37.5 Å². The Morgan fingerprint density at radius 2 is 2.11 bits per heavy atom. The Bertz CT molecular complexity index is 524. The molecule has 18 heavy (non-hydrogen) atoms. The first kappa shape index (κ1) is 11.7. The van der Waals surface area contributed by atoms with Crippen LogP contribution in [-0.2, 0) is 6.54 Å². The summed E-state index contributed by atoms with van der Waals surface area (Å²) >= 11 is 0. The lowest BCUT2D eigenvalue weighted by Crippen LogP contribution is -2.30. The largest absolute Gasteiger partial charge is 0.341 e. The fourth-order valence-corrected chi connectivity index (χ4v) is 2.81. The zero-order chi connectivity index (χ0) is 12.4. The second kappa shape index (κ2) is 5.11. The quantitative estimate of drug-likeness (QED) is 0.868. The number of aromatic nitrogens is 2. The molecule has 3 rings (SSSR count). The van der Waals surface area contributed by atoms with E-state index in [9.17, 15) is 0 Å². The Kier molecular flexibility index (Phi) is 3.33. The predicted octanol–water partition coefficient (Wildman–Crippen LogP) is 3.29. The molecule has 0 radical (unpaired) electrons. The molecule has 1 aliphatic carbocycles. The number of rotatable bonds is 3. The molecule has 2 aromatic rings. The van der Waals surface area contributed by atoms with Crippen LogP contribution >= 0.6 is 0 Å². The third-order valence-corrected chi connectivity index (χ3v) is 3.85. The number of aryl methyl sites for hydroxylation is 1. The maximum Gasteiger partial charge on any atom is 0.121 e. The molecule has 2 N–H and O–H groups in total. The lowest BCUT2D eigenvalue weighted by atomic mass is 9.95. The number of hydrogen-bond acceptors (Lipinski definition) is 2. The SMILES string of the molecule is Cc1ccc2nc(CNC3CCCCC3)[nH]c2c1. The molecular weight excluding hydrogens is 222 g/mol. The summed E-state index contributed by atoms with van der Waals surface area (Å²) in [6.45, 7) is 2.97. The highest BCUT2D eigenvalue weighted by molar-refractivity contribution is 5.75. The molecule has 0 bridgehead atoms. The van der Waals surface area contributed by atoms with Gasteiger partial charge in [-0.15, -0.1) is 0 Å². The average Bonchev–Trinajstić information content (AvgIpc) is 2.79. The van der Waals surface area contributed by atoms with Gasteiger partial charge in [-0.2, -0.15) is 0 Å². The third-order valence-electron chi connectivity index (χ3n) is 3.85. The van der Waals surface area contributed by atoms with E-state index in [1.54, 1.807) is 0 Å². The molecule has 1 fully saturated rings. The van der Waals surface area contributed by atoms with Crippen molar-refractivity contribution in [3.05, 3.63) is 29.6 Å². The first-order valence-electron chi connectivity index (χ1n) is 7.00. The summed E-state index contributed by atoms with van der Waals surface area (Å²) in [6.07, 6.45) is 6.79. The topological polar surface area (TPSA) is 40.7 Å². The highest BCUT2D eigenvalue weighted by Gasteiger charge is 2.13. The molecule has 3 heteroatoms. The van der Waals surface area contributed by atoms with Crippen molar-refractivity contribution in [3.8, 4) is 0 Å². The van der Waals surface area contributed by atoms with Crippen molar-refractivity contribution < 1.29 is 0 Å². The predicted molar refractivity (Wildman–Crippen MR) is 74.5 cm³/mol. The van der Waals surface area contributed by atoms with Gasteiger partial charge in [0.15, 0.2) is 0 Å². The van der Waals surface area contributed by atoms with Crippen molar-refractivity contribution in [2.45, 2.75) is 51.6 Å². The third kappa shape index (κ3) is 2.56. The molecule has 0 amide bonds. The van der Waals surface area contributed by atoms with Crippen molar-refractivity contribution in [2.24, 2.45) is 0 Å². The number of imidazole rings is 1. The number of benzene rings is 1. The Morgan fingerprint density at radius 1 is 1.28 bits per heavy atom. The van der Waals surface area contributed by atoms with Crippen LogP contribution in [0, 0.1) is 6.92 Å². The van der Waals surface area contributed by atoms with Gasteiger partial charge in [0.1, 0.15) is 5.82 Å². The minimum atomic E-state index is 0.689. The minimum absolute atomic E-state index is 0.689. The monoisotopic (exact) mass is 243 g/mol. The lowest BCUT2D eigenvalue weighted by Gasteiger charge is -2.22. The van der Waals surface area contributed by atoms with Crippen LogP contribution in [-0.4, -0.2) is 16.0 Å². The summed E-state index contributed by atoms with van der Waals surface area (Å²) in [7, 11) is 0. The number of fused-ring (bicyclic) bond motifs is 1. The molecule has 0 atom stereocenters. The standard InChI is InChI=1S/C15H21N3/c1-11-7-8-13-14(9-11)18-15(17-13)10-16-12-5-3-2-4-6-12/h7-9,12,16H,2-6,10H2,1H3,(H,17,18). The van der Waals surface area contributed by atoms with E-state index >= 15 is 0 Å². The summed E-state index contributed by atoms with van der Waals surface area (Å²) in [5.74, 6) is 1.06. The van der Waals surface area contributed by atoms with Gasteiger partial charge in [0.05, 0.1) is 17.6 Å². The molecular formula is C15H21N3. The summed E-state index contributed by atoms with van der Waals surface area (Å²) in [4.78, 5) is 8.02. The molecule has 1 aromatic heterocycles. The van der Waals surface area contributed by atoms with Crippen LogP contribution in [0.2, 0.25) is 0 Å². The highest BCUT2D eigenvalue weighted by atomic mass is 15.0. The molecule has 96 valence electrons. The van der Waals surface area contributed by atoms with Crippen molar-refractivity contribution in [2.75, 3.05) is 0 Å². The Morgan fingerprint density at radius 3 is 2.94 bits per heavy atom. The summed E-state index contributed by atoms with van der Waals surface area (Å²) in [6, 6.07) is 7.05. The van der Waals surface area contributed by atoms with Gasteiger partial charge in [0.2, 0.25) is 0 Å². The fraction of sp³-hybridized carbons (Fsp3) is 0.533. The second-order valence-electron chi connectivity index (χ2n) is 5.42. The zero-order valence-corrected chi connectivity index (χ0v) is 11.0. The summed E-state index contributed by atoms with van der Waals surface area (Å²) in [5, 5.41) is 3.62. The fourth-order valence-electron chi connectivity index (χ4n) is 2.81. The Labute approximate surface area is 108 Å². The minimum Gasteiger partial charge on any atom is -0.341 e. The van der Waals surface area contributed by atoms with Crippen molar-refractivity contribution in [1.29, 1.82) is 0 Å². The number of nitrogens with one attached hydrogen (secondary N) is 2. The van der Waals surface area contributed by atoms with Gasteiger partial charge >= 0.3 is 0 Å². The van der Waals surface area contributed by atoms with Gasteiger partial charge in [0, 0.05) is 6.04 Å². The van der Waals surface area contributed by atoms with Crippen LogP contribution in [0.3, 0.4) is 0 Å². The van der Waals surface area contributed by atoms with E-state index in [1.165, 1.54) is 37.7 Å². The van der Waals surface area contributed by atoms with Gasteiger partial charge in [-0.1, -0.05) is 25.3 Å².